The average molecular weight is 285 g/mol. The van der Waals surface area contributed by atoms with Crippen LogP contribution in [0.1, 0.15) is 25.7 Å². The van der Waals surface area contributed by atoms with Gasteiger partial charge in [-0.05, 0) is 12.8 Å². The number of rotatable bonds is 4. The SMILES string of the molecule is O=C(O)C(O)CNC(=O)N1CCN(C2CCCC2)CC1. The van der Waals surface area contributed by atoms with Gasteiger partial charge in [0, 0.05) is 32.2 Å². The van der Waals surface area contributed by atoms with E-state index in [1.807, 2.05) is 0 Å². The highest BCUT2D eigenvalue weighted by Crippen LogP contribution is 2.24. The maximum atomic E-state index is 11.8. The van der Waals surface area contributed by atoms with E-state index in [0.717, 1.165) is 13.1 Å². The van der Waals surface area contributed by atoms with Crippen LogP contribution in [0.4, 0.5) is 4.79 Å². The molecule has 1 aliphatic carbocycles. The number of aliphatic hydroxyl groups is 1. The number of nitrogens with one attached hydrogen (secondary N) is 1. The first kappa shape index (κ1) is 15.1. The van der Waals surface area contributed by atoms with Gasteiger partial charge in [-0.25, -0.2) is 9.59 Å². The van der Waals surface area contributed by atoms with Gasteiger partial charge in [-0.1, -0.05) is 12.8 Å². The number of hydrogen-bond acceptors (Lipinski definition) is 4. The molecule has 0 aromatic heterocycles. The van der Waals surface area contributed by atoms with Crippen LogP contribution in [0.2, 0.25) is 0 Å². The third kappa shape index (κ3) is 3.83. The molecule has 0 bridgehead atoms. The summed E-state index contributed by atoms with van der Waals surface area (Å²) in [7, 11) is 0. The first-order valence-electron chi connectivity index (χ1n) is 7.25. The van der Waals surface area contributed by atoms with E-state index in [1.165, 1.54) is 25.7 Å². The molecule has 2 fully saturated rings. The Bertz CT molecular complexity index is 350. The highest BCUT2D eigenvalue weighted by atomic mass is 16.4. The van der Waals surface area contributed by atoms with Crippen LogP contribution < -0.4 is 5.32 Å². The molecule has 1 heterocycles. The van der Waals surface area contributed by atoms with Crippen molar-refractivity contribution in [3.8, 4) is 0 Å². The van der Waals surface area contributed by atoms with Crippen LogP contribution in [0.15, 0.2) is 0 Å². The predicted octanol–water partition coefficient (Wildman–Crippen LogP) is -0.298. The molecule has 1 unspecified atom stereocenters. The molecular weight excluding hydrogens is 262 g/mol. The number of amides is 2. The molecule has 1 saturated heterocycles. The number of hydrogen-bond donors (Lipinski definition) is 3. The van der Waals surface area contributed by atoms with E-state index in [-0.39, 0.29) is 12.6 Å². The van der Waals surface area contributed by atoms with Crippen LogP contribution in [0.5, 0.6) is 0 Å². The molecule has 20 heavy (non-hydrogen) atoms. The highest BCUT2D eigenvalue weighted by molar-refractivity contribution is 5.76. The van der Waals surface area contributed by atoms with Crippen molar-refractivity contribution < 1.29 is 19.8 Å². The Morgan fingerprint density at radius 1 is 1.15 bits per heavy atom. The lowest BCUT2D eigenvalue weighted by Crippen LogP contribution is -2.54. The van der Waals surface area contributed by atoms with E-state index in [0.29, 0.717) is 19.1 Å². The Kier molecular flexibility index (Phi) is 5.19. The van der Waals surface area contributed by atoms with Crippen LogP contribution in [-0.4, -0.2) is 76.9 Å². The van der Waals surface area contributed by atoms with Crippen molar-refractivity contribution in [1.82, 2.24) is 15.1 Å². The smallest absolute Gasteiger partial charge is 0.334 e. The second-order valence-electron chi connectivity index (χ2n) is 5.50. The number of carbonyl (C=O) groups excluding carboxylic acids is 1. The van der Waals surface area contributed by atoms with Gasteiger partial charge < -0.3 is 20.4 Å². The molecule has 7 heteroatoms. The topological polar surface area (TPSA) is 93.1 Å². The third-order valence-electron chi connectivity index (χ3n) is 4.17. The second-order valence-corrected chi connectivity index (χ2v) is 5.50. The summed E-state index contributed by atoms with van der Waals surface area (Å²) in [6, 6.07) is 0.380. The predicted molar refractivity (Wildman–Crippen MR) is 72.4 cm³/mol. The Hall–Kier alpha value is -1.34. The fourth-order valence-corrected chi connectivity index (χ4v) is 2.94. The molecule has 1 atom stereocenters. The van der Waals surface area contributed by atoms with E-state index in [4.69, 9.17) is 10.2 Å². The molecular formula is C13H23N3O4. The molecule has 114 valence electrons. The summed E-state index contributed by atoms with van der Waals surface area (Å²) < 4.78 is 0. The zero-order valence-corrected chi connectivity index (χ0v) is 11.6. The first-order valence-corrected chi connectivity index (χ1v) is 7.25. The van der Waals surface area contributed by atoms with E-state index in [9.17, 15) is 9.59 Å². The Balaban J connectivity index is 1.70. The summed E-state index contributed by atoms with van der Waals surface area (Å²) in [5.74, 6) is -1.32. The Morgan fingerprint density at radius 3 is 2.30 bits per heavy atom. The molecule has 3 N–H and O–H groups in total. The average Bonchev–Trinajstić information content (AvgIpc) is 2.98. The number of carbonyl (C=O) groups is 2. The number of aliphatic hydroxyl groups excluding tert-OH is 1. The summed E-state index contributed by atoms with van der Waals surface area (Å²) >= 11 is 0. The van der Waals surface area contributed by atoms with Crippen molar-refractivity contribution >= 4 is 12.0 Å². The van der Waals surface area contributed by atoms with Crippen molar-refractivity contribution in [2.24, 2.45) is 0 Å². The van der Waals surface area contributed by atoms with Gasteiger partial charge in [-0.15, -0.1) is 0 Å². The molecule has 0 radical (unpaired) electrons. The minimum atomic E-state index is -1.54. The van der Waals surface area contributed by atoms with E-state index in [2.05, 4.69) is 10.2 Å². The second kappa shape index (κ2) is 6.90. The standard InChI is InChI=1S/C13H23N3O4/c17-11(12(18)19)9-14-13(20)16-7-5-15(6-8-16)10-3-1-2-4-10/h10-11,17H,1-9H2,(H,14,20)(H,18,19). The normalized spacial score (nSPS) is 22.8. The molecule has 0 aromatic rings. The monoisotopic (exact) mass is 285 g/mol. The summed E-state index contributed by atoms with van der Waals surface area (Å²) in [6.45, 7) is 2.81. The molecule has 7 nitrogen and oxygen atoms in total. The van der Waals surface area contributed by atoms with Crippen molar-refractivity contribution in [2.45, 2.75) is 37.8 Å². The third-order valence-corrected chi connectivity index (χ3v) is 4.17. The number of urea groups is 1. The summed E-state index contributed by atoms with van der Waals surface area (Å²) in [5, 5.41) is 20.1. The van der Waals surface area contributed by atoms with Crippen LogP contribution in [-0.2, 0) is 4.79 Å². The maximum absolute atomic E-state index is 11.8. The molecule has 2 amide bonds. The number of piperazine rings is 1. The van der Waals surface area contributed by atoms with Crippen LogP contribution in [0.25, 0.3) is 0 Å². The van der Waals surface area contributed by atoms with Crippen LogP contribution in [0, 0.1) is 0 Å². The van der Waals surface area contributed by atoms with Crippen molar-refractivity contribution in [2.75, 3.05) is 32.7 Å². The van der Waals surface area contributed by atoms with Gasteiger partial charge >= 0.3 is 12.0 Å². The van der Waals surface area contributed by atoms with E-state index >= 15 is 0 Å². The fourth-order valence-electron chi connectivity index (χ4n) is 2.94. The summed E-state index contributed by atoms with van der Waals surface area (Å²) in [6.07, 6.45) is 3.59. The molecule has 2 rings (SSSR count). The Labute approximate surface area is 118 Å². The van der Waals surface area contributed by atoms with Gasteiger partial charge in [0.05, 0.1) is 6.54 Å². The van der Waals surface area contributed by atoms with Gasteiger partial charge in [0.2, 0.25) is 0 Å². The van der Waals surface area contributed by atoms with Gasteiger partial charge in [-0.2, -0.15) is 0 Å². The van der Waals surface area contributed by atoms with Crippen LogP contribution >= 0.6 is 0 Å². The van der Waals surface area contributed by atoms with Crippen molar-refractivity contribution in [1.29, 1.82) is 0 Å². The molecule has 0 spiro atoms. The highest BCUT2D eigenvalue weighted by Gasteiger charge is 2.28. The minimum absolute atomic E-state index is 0.253. The molecule has 1 saturated carbocycles. The minimum Gasteiger partial charge on any atom is -0.479 e. The van der Waals surface area contributed by atoms with Gasteiger partial charge in [0.25, 0.3) is 0 Å². The zero-order chi connectivity index (χ0) is 14.5. The fraction of sp³-hybridized carbons (Fsp3) is 0.846. The lowest BCUT2D eigenvalue weighted by molar-refractivity contribution is -0.146. The number of carboxylic acid groups (broad SMARTS) is 1. The number of nitrogens with zero attached hydrogens (tertiary/aromatic N) is 2. The van der Waals surface area contributed by atoms with Crippen molar-refractivity contribution in [3.63, 3.8) is 0 Å². The lowest BCUT2D eigenvalue weighted by Gasteiger charge is -2.38. The molecule has 0 aromatic carbocycles. The zero-order valence-electron chi connectivity index (χ0n) is 11.6. The van der Waals surface area contributed by atoms with E-state index in [1.54, 1.807) is 4.90 Å². The largest absolute Gasteiger partial charge is 0.479 e. The first-order chi connectivity index (χ1) is 9.58. The van der Waals surface area contributed by atoms with E-state index < -0.39 is 12.1 Å². The molecule has 2 aliphatic rings. The van der Waals surface area contributed by atoms with Crippen molar-refractivity contribution in [3.05, 3.63) is 0 Å². The quantitative estimate of drug-likeness (QED) is 0.659. The summed E-state index contributed by atoms with van der Waals surface area (Å²) in [5.41, 5.74) is 0. The molecule has 1 aliphatic heterocycles. The van der Waals surface area contributed by atoms with Gasteiger partial charge in [-0.3, -0.25) is 4.90 Å². The van der Waals surface area contributed by atoms with Crippen LogP contribution in [0.3, 0.4) is 0 Å². The number of carboxylic acids is 1. The Morgan fingerprint density at radius 2 is 1.75 bits per heavy atom. The van der Waals surface area contributed by atoms with Gasteiger partial charge in [0.1, 0.15) is 0 Å². The van der Waals surface area contributed by atoms with Gasteiger partial charge in [0.15, 0.2) is 6.10 Å². The number of aliphatic carboxylic acids is 1. The maximum Gasteiger partial charge on any atom is 0.334 e. The summed E-state index contributed by atoms with van der Waals surface area (Å²) in [4.78, 5) is 26.4. The lowest BCUT2D eigenvalue weighted by atomic mass is 10.2.